The first-order chi connectivity index (χ1) is 10.8. The van der Waals surface area contributed by atoms with Crippen molar-refractivity contribution in [1.82, 2.24) is 4.98 Å². The smallest absolute Gasteiger partial charge is 0.220 e. The Kier molecular flexibility index (Phi) is 3.24. The Balaban J connectivity index is 1.66. The lowest BCUT2D eigenvalue weighted by Gasteiger charge is -2.19. The molecule has 2 heterocycles. The van der Waals surface area contributed by atoms with Gasteiger partial charge < -0.3 is 13.9 Å². The minimum atomic E-state index is 0.519. The van der Waals surface area contributed by atoms with Crippen LogP contribution in [0.4, 0.5) is 0 Å². The third kappa shape index (κ3) is 2.42. The number of fused-ring (bicyclic) bond motifs is 2. The number of hydrogen-bond donors (Lipinski definition) is 0. The van der Waals surface area contributed by atoms with Crippen LogP contribution in [-0.2, 0) is 0 Å². The summed E-state index contributed by atoms with van der Waals surface area (Å²) in [6.07, 6.45) is 3.69. The Bertz CT molecular complexity index is 836. The number of aromatic nitrogens is 1. The summed E-state index contributed by atoms with van der Waals surface area (Å²) in [5.41, 5.74) is 2.50. The molecule has 1 aromatic heterocycles. The highest BCUT2D eigenvalue weighted by molar-refractivity contribution is 6.32. The second-order valence-electron chi connectivity index (χ2n) is 4.88. The standard InChI is InChI=1S/C17H12ClNO3/c18-12-9-11(10-15-17(12)21-8-7-20-15)5-6-16-19-13-3-1-2-4-14(13)22-16/h1-6,9-10H,7-8H2. The van der Waals surface area contributed by atoms with Crippen LogP contribution >= 0.6 is 11.6 Å². The van der Waals surface area contributed by atoms with Gasteiger partial charge in [-0.15, -0.1) is 0 Å². The maximum atomic E-state index is 6.22. The van der Waals surface area contributed by atoms with Crippen molar-refractivity contribution >= 4 is 34.9 Å². The van der Waals surface area contributed by atoms with Crippen molar-refractivity contribution in [1.29, 1.82) is 0 Å². The number of ether oxygens (including phenoxy) is 2. The van der Waals surface area contributed by atoms with Gasteiger partial charge in [-0.1, -0.05) is 23.7 Å². The van der Waals surface area contributed by atoms with Crippen molar-refractivity contribution in [2.45, 2.75) is 0 Å². The first kappa shape index (κ1) is 13.2. The Morgan fingerprint density at radius 3 is 2.82 bits per heavy atom. The van der Waals surface area contributed by atoms with Gasteiger partial charge in [0.1, 0.15) is 18.7 Å². The first-order valence-electron chi connectivity index (χ1n) is 6.92. The molecule has 0 unspecified atom stereocenters. The topological polar surface area (TPSA) is 44.5 Å². The molecule has 5 heteroatoms. The second-order valence-corrected chi connectivity index (χ2v) is 5.29. The van der Waals surface area contributed by atoms with Crippen molar-refractivity contribution in [2.24, 2.45) is 0 Å². The molecule has 110 valence electrons. The highest BCUT2D eigenvalue weighted by Gasteiger charge is 2.15. The maximum absolute atomic E-state index is 6.22. The van der Waals surface area contributed by atoms with E-state index in [1.54, 1.807) is 0 Å². The molecule has 2 aromatic carbocycles. The normalized spacial score (nSPS) is 13.9. The fraction of sp³-hybridized carbons (Fsp3) is 0.118. The lowest BCUT2D eigenvalue weighted by atomic mass is 10.2. The van der Waals surface area contributed by atoms with Crippen molar-refractivity contribution in [2.75, 3.05) is 13.2 Å². The molecule has 1 aliphatic heterocycles. The van der Waals surface area contributed by atoms with Gasteiger partial charge in [-0.3, -0.25) is 0 Å². The molecular weight excluding hydrogens is 302 g/mol. The highest BCUT2D eigenvalue weighted by atomic mass is 35.5. The van der Waals surface area contributed by atoms with E-state index < -0.39 is 0 Å². The summed E-state index contributed by atoms with van der Waals surface area (Å²) in [4.78, 5) is 4.40. The summed E-state index contributed by atoms with van der Waals surface area (Å²) in [5.74, 6) is 1.81. The molecule has 0 N–H and O–H groups in total. The van der Waals surface area contributed by atoms with Gasteiger partial charge >= 0.3 is 0 Å². The third-order valence-electron chi connectivity index (χ3n) is 3.35. The van der Waals surface area contributed by atoms with Crippen LogP contribution in [0.3, 0.4) is 0 Å². The van der Waals surface area contributed by atoms with Crippen LogP contribution < -0.4 is 9.47 Å². The molecule has 1 aliphatic rings. The van der Waals surface area contributed by atoms with Crippen molar-refractivity contribution in [3.05, 3.63) is 52.9 Å². The molecule has 3 aromatic rings. The number of benzene rings is 2. The maximum Gasteiger partial charge on any atom is 0.220 e. The largest absolute Gasteiger partial charge is 0.486 e. The lowest BCUT2D eigenvalue weighted by Crippen LogP contribution is -2.15. The number of rotatable bonds is 2. The minimum absolute atomic E-state index is 0.519. The highest BCUT2D eigenvalue weighted by Crippen LogP contribution is 2.38. The zero-order valence-electron chi connectivity index (χ0n) is 11.6. The molecule has 0 saturated carbocycles. The molecule has 0 fully saturated rings. The van der Waals surface area contributed by atoms with Gasteiger partial charge in [0.15, 0.2) is 17.1 Å². The Morgan fingerprint density at radius 2 is 1.91 bits per heavy atom. The first-order valence-corrected chi connectivity index (χ1v) is 7.30. The van der Waals surface area contributed by atoms with Gasteiger partial charge in [-0.25, -0.2) is 4.98 Å². The monoisotopic (exact) mass is 313 g/mol. The number of oxazole rings is 1. The molecule has 4 nitrogen and oxygen atoms in total. The third-order valence-corrected chi connectivity index (χ3v) is 3.63. The number of para-hydroxylation sites is 2. The number of nitrogens with zero attached hydrogens (tertiary/aromatic N) is 1. The molecule has 4 rings (SSSR count). The minimum Gasteiger partial charge on any atom is -0.486 e. The van der Waals surface area contributed by atoms with E-state index in [0.29, 0.717) is 35.6 Å². The van der Waals surface area contributed by atoms with Crippen molar-refractivity contribution < 1.29 is 13.9 Å². The van der Waals surface area contributed by atoms with Crippen molar-refractivity contribution in [3.63, 3.8) is 0 Å². The van der Waals surface area contributed by atoms with Crippen LogP contribution in [-0.4, -0.2) is 18.2 Å². The van der Waals surface area contributed by atoms with E-state index >= 15 is 0 Å². The summed E-state index contributed by atoms with van der Waals surface area (Å²) in [6, 6.07) is 11.4. The van der Waals surface area contributed by atoms with Gasteiger partial charge in [-0.05, 0) is 35.9 Å². The molecule has 0 amide bonds. The molecule has 0 bridgehead atoms. The fourth-order valence-corrected chi connectivity index (χ4v) is 2.63. The Hall–Kier alpha value is -2.46. The van der Waals surface area contributed by atoms with Gasteiger partial charge in [0.05, 0.1) is 5.02 Å². The zero-order chi connectivity index (χ0) is 14.9. The molecule has 22 heavy (non-hydrogen) atoms. The van der Waals surface area contributed by atoms with Gasteiger partial charge in [0.2, 0.25) is 5.89 Å². The molecule has 0 spiro atoms. The predicted molar refractivity (Wildman–Crippen MR) is 85.4 cm³/mol. The fourth-order valence-electron chi connectivity index (χ4n) is 2.36. The average Bonchev–Trinajstić information content (AvgIpc) is 2.96. The van der Waals surface area contributed by atoms with Crippen LogP contribution in [0.25, 0.3) is 23.3 Å². The van der Waals surface area contributed by atoms with Gasteiger partial charge in [0.25, 0.3) is 0 Å². The number of hydrogen-bond acceptors (Lipinski definition) is 4. The summed E-state index contributed by atoms with van der Waals surface area (Å²) in [5, 5.41) is 0.536. The van der Waals surface area contributed by atoms with Gasteiger partial charge in [-0.2, -0.15) is 0 Å². The SMILES string of the molecule is Clc1cc(C=Cc2nc3ccccc3o2)cc2c1OCCO2. The Morgan fingerprint density at radius 1 is 1.05 bits per heavy atom. The van der Waals surface area contributed by atoms with E-state index in [0.717, 1.165) is 16.7 Å². The van der Waals surface area contributed by atoms with Crippen molar-refractivity contribution in [3.8, 4) is 11.5 Å². The van der Waals surface area contributed by atoms with Gasteiger partial charge in [0, 0.05) is 6.08 Å². The Labute approximate surface area is 131 Å². The van der Waals surface area contributed by atoms with E-state index in [1.807, 2.05) is 48.6 Å². The van der Waals surface area contributed by atoms with Crippen LogP contribution in [0, 0.1) is 0 Å². The van der Waals surface area contributed by atoms with Crippen LogP contribution in [0.2, 0.25) is 5.02 Å². The lowest BCUT2D eigenvalue weighted by molar-refractivity contribution is 0.171. The number of halogens is 1. The molecule has 0 radical (unpaired) electrons. The molecular formula is C17H12ClNO3. The predicted octanol–water partition coefficient (Wildman–Crippen LogP) is 4.42. The quantitative estimate of drug-likeness (QED) is 0.702. The zero-order valence-corrected chi connectivity index (χ0v) is 12.3. The summed E-state index contributed by atoms with van der Waals surface area (Å²) < 4.78 is 16.7. The summed E-state index contributed by atoms with van der Waals surface area (Å²) >= 11 is 6.22. The van der Waals surface area contributed by atoms with E-state index in [1.165, 1.54) is 0 Å². The van der Waals surface area contributed by atoms with Crippen LogP contribution in [0.1, 0.15) is 11.5 Å². The average molecular weight is 314 g/mol. The van der Waals surface area contributed by atoms with E-state index in [-0.39, 0.29) is 0 Å². The van der Waals surface area contributed by atoms with E-state index in [9.17, 15) is 0 Å². The molecule has 0 saturated heterocycles. The van der Waals surface area contributed by atoms with E-state index in [2.05, 4.69) is 4.98 Å². The van der Waals surface area contributed by atoms with Crippen LogP contribution in [0.5, 0.6) is 11.5 Å². The summed E-state index contributed by atoms with van der Waals surface area (Å²) in [7, 11) is 0. The summed E-state index contributed by atoms with van der Waals surface area (Å²) in [6.45, 7) is 1.05. The van der Waals surface area contributed by atoms with Crippen LogP contribution in [0.15, 0.2) is 40.8 Å². The molecule has 0 aliphatic carbocycles. The molecule has 0 atom stereocenters. The second kappa shape index (κ2) is 5.39. The van der Waals surface area contributed by atoms with E-state index in [4.69, 9.17) is 25.5 Å².